The predicted molar refractivity (Wildman–Crippen MR) is 199 cm³/mol. The van der Waals surface area contributed by atoms with Gasteiger partial charge >= 0.3 is 6.16 Å². The fraction of sp³-hybridized carbons (Fsp3) is 0.878. The number of carboxylic acid groups (broad SMARTS) is 1. The lowest BCUT2D eigenvalue weighted by atomic mass is 10.0. The van der Waals surface area contributed by atoms with Crippen LogP contribution in [-0.4, -0.2) is 42.9 Å². The van der Waals surface area contributed by atoms with Gasteiger partial charge in [0.1, 0.15) is 6.10 Å². The van der Waals surface area contributed by atoms with Crippen LogP contribution < -0.4 is 0 Å². The molecule has 0 aliphatic rings. The van der Waals surface area contributed by atoms with Crippen LogP contribution in [0.2, 0.25) is 0 Å². The van der Waals surface area contributed by atoms with Gasteiger partial charge in [-0.25, -0.2) is 4.79 Å². The van der Waals surface area contributed by atoms with E-state index in [1.807, 2.05) is 0 Å². The maximum absolute atomic E-state index is 11.2. The zero-order chi connectivity index (χ0) is 32.9. The molecule has 45 heavy (non-hydrogen) atoms. The Balaban J connectivity index is 3.53. The van der Waals surface area contributed by atoms with Crippen LogP contribution in [0, 0.1) is 0 Å². The van der Waals surface area contributed by atoms with E-state index in [1.165, 1.54) is 180 Å². The van der Waals surface area contributed by atoms with Crippen LogP contribution in [0.15, 0.2) is 24.3 Å². The molecule has 1 N–H and O–H groups in total. The summed E-state index contributed by atoms with van der Waals surface area (Å²) in [6.45, 7) is 3.51. The minimum atomic E-state index is -1.11. The van der Waals surface area contributed by atoms with Crippen LogP contribution in [0.4, 0.5) is 4.79 Å². The van der Waals surface area contributed by atoms with Gasteiger partial charge in [0, 0.05) is 0 Å². The van der Waals surface area contributed by atoms with E-state index in [9.17, 15) is 4.79 Å². The molecule has 0 fully saturated rings. The molecule has 0 aliphatic carbocycles. The summed E-state index contributed by atoms with van der Waals surface area (Å²) in [7, 11) is 4.33. The van der Waals surface area contributed by atoms with Crippen molar-refractivity contribution in [3.63, 3.8) is 0 Å². The summed E-state index contributed by atoms with van der Waals surface area (Å²) in [5.41, 5.74) is 0. The number of allylic oxidation sites excluding steroid dienone is 4. The molecule has 0 heterocycles. The molecule has 0 rings (SSSR count). The van der Waals surface area contributed by atoms with Crippen LogP contribution in [0.1, 0.15) is 206 Å². The molecule has 0 radical (unpaired) electrons. The van der Waals surface area contributed by atoms with Gasteiger partial charge in [-0.1, -0.05) is 147 Å². The van der Waals surface area contributed by atoms with Crippen molar-refractivity contribution in [3.05, 3.63) is 24.3 Å². The van der Waals surface area contributed by atoms with E-state index >= 15 is 0 Å². The molecular weight excluding hydrogens is 554 g/mol. The first-order chi connectivity index (χ1) is 22.1. The van der Waals surface area contributed by atoms with Crippen molar-refractivity contribution in [3.8, 4) is 0 Å². The molecule has 0 aromatic carbocycles. The van der Waals surface area contributed by atoms with Crippen LogP contribution in [0.5, 0.6) is 0 Å². The third-order valence-corrected chi connectivity index (χ3v) is 9.10. The Labute approximate surface area is 282 Å². The van der Waals surface area contributed by atoms with Crippen LogP contribution in [0.3, 0.4) is 0 Å². The second-order valence-electron chi connectivity index (χ2n) is 14.0. The van der Waals surface area contributed by atoms with Crippen LogP contribution in [0.25, 0.3) is 0 Å². The summed E-state index contributed by atoms with van der Waals surface area (Å²) in [5.74, 6) is 0. The number of unbranched alkanes of at least 4 members (excludes halogenated alkanes) is 25. The molecule has 0 amide bonds. The first-order valence-electron chi connectivity index (χ1n) is 19.9. The second-order valence-corrected chi connectivity index (χ2v) is 14.0. The maximum atomic E-state index is 11.2. The topological polar surface area (TPSA) is 49.8 Å². The molecule has 0 bridgehead atoms. The van der Waals surface area contributed by atoms with Crippen molar-refractivity contribution in [2.75, 3.05) is 20.6 Å². The van der Waals surface area contributed by atoms with E-state index in [0.717, 1.165) is 25.7 Å². The van der Waals surface area contributed by atoms with Crippen molar-refractivity contribution in [2.24, 2.45) is 0 Å². The molecule has 266 valence electrons. The summed E-state index contributed by atoms with van der Waals surface area (Å²) in [5, 5.41) is 9.14. The summed E-state index contributed by atoms with van der Waals surface area (Å²) in [6, 6.07) is 0. The highest BCUT2D eigenvalue weighted by Crippen LogP contribution is 2.18. The first kappa shape index (κ1) is 43.7. The molecule has 1 unspecified atom stereocenters. The van der Waals surface area contributed by atoms with Crippen LogP contribution >= 0.6 is 0 Å². The first-order valence-corrected chi connectivity index (χ1v) is 19.9. The molecule has 0 saturated heterocycles. The third-order valence-electron chi connectivity index (χ3n) is 9.10. The minimum absolute atomic E-state index is 0.117. The number of ether oxygens (including phenoxy) is 1. The Bertz CT molecular complexity index is 645. The van der Waals surface area contributed by atoms with E-state index in [0.29, 0.717) is 0 Å². The van der Waals surface area contributed by atoms with Gasteiger partial charge in [-0.2, -0.15) is 0 Å². The normalized spacial score (nSPS) is 12.6. The van der Waals surface area contributed by atoms with Crippen molar-refractivity contribution in [1.29, 1.82) is 0 Å². The summed E-state index contributed by atoms with van der Waals surface area (Å²) >= 11 is 0. The Morgan fingerprint density at radius 3 is 1.16 bits per heavy atom. The van der Waals surface area contributed by atoms with E-state index in [-0.39, 0.29) is 6.10 Å². The number of rotatable bonds is 36. The fourth-order valence-electron chi connectivity index (χ4n) is 6.18. The van der Waals surface area contributed by atoms with Crippen molar-refractivity contribution >= 4 is 6.16 Å². The van der Waals surface area contributed by atoms with E-state index in [2.05, 4.69) is 50.2 Å². The van der Waals surface area contributed by atoms with Gasteiger partial charge in [0.15, 0.2) is 0 Å². The average molecular weight is 634 g/mol. The lowest BCUT2D eigenvalue weighted by Gasteiger charge is -2.15. The average Bonchev–Trinajstić information content (AvgIpc) is 3.01. The predicted octanol–water partition coefficient (Wildman–Crippen LogP) is 13.8. The standard InChI is InChI=1S/C41H79NO3/c1-4-5-6-7-8-9-10-11-16-19-22-25-28-31-34-37-40(45-41(43)44)38-35-32-29-26-23-20-17-14-12-13-15-18-21-24-27-30-33-36-39-42(2)3/h11,14,16-17,40H,4-10,12-13,15,18-39H2,1-3H3,(H,43,44)/b16-11-,17-14-. The highest BCUT2D eigenvalue weighted by atomic mass is 16.7. The SMILES string of the molecule is CCCCCCCC/C=C\CCCCCCCC(CCCCCCC/C=C\CCCCCCCCCCCN(C)C)OC(=O)O. The number of hydrogen-bond donors (Lipinski definition) is 1. The monoisotopic (exact) mass is 634 g/mol. The zero-order valence-electron chi connectivity index (χ0n) is 30.7. The molecule has 0 spiro atoms. The van der Waals surface area contributed by atoms with Gasteiger partial charge in [0.25, 0.3) is 0 Å². The third kappa shape index (κ3) is 38.8. The molecule has 0 saturated carbocycles. The van der Waals surface area contributed by atoms with Gasteiger partial charge < -0.3 is 14.7 Å². The maximum Gasteiger partial charge on any atom is 0.506 e. The highest BCUT2D eigenvalue weighted by molar-refractivity contribution is 5.57. The lowest BCUT2D eigenvalue weighted by Crippen LogP contribution is -2.16. The number of nitrogens with zero attached hydrogens (tertiary/aromatic N) is 1. The van der Waals surface area contributed by atoms with Crippen LogP contribution in [-0.2, 0) is 4.74 Å². The summed E-state index contributed by atoms with van der Waals surface area (Å²) in [6.07, 6.45) is 47.9. The van der Waals surface area contributed by atoms with E-state index < -0.39 is 6.16 Å². The Hall–Kier alpha value is -1.29. The molecule has 4 heteroatoms. The molecule has 0 aliphatic heterocycles. The largest absolute Gasteiger partial charge is 0.506 e. The highest BCUT2D eigenvalue weighted by Gasteiger charge is 2.13. The Morgan fingerprint density at radius 2 is 0.822 bits per heavy atom. The second kappa shape index (κ2) is 37.2. The molecule has 0 aromatic heterocycles. The van der Waals surface area contributed by atoms with Crippen molar-refractivity contribution in [1.82, 2.24) is 4.90 Å². The van der Waals surface area contributed by atoms with Crippen molar-refractivity contribution in [2.45, 2.75) is 212 Å². The van der Waals surface area contributed by atoms with Gasteiger partial charge in [0.05, 0.1) is 0 Å². The summed E-state index contributed by atoms with van der Waals surface area (Å²) < 4.78 is 5.21. The lowest BCUT2D eigenvalue weighted by molar-refractivity contribution is 0.0422. The fourth-order valence-corrected chi connectivity index (χ4v) is 6.18. The van der Waals surface area contributed by atoms with Gasteiger partial charge in [0.2, 0.25) is 0 Å². The molecular formula is C41H79NO3. The van der Waals surface area contributed by atoms with E-state index in [4.69, 9.17) is 9.84 Å². The smallest absolute Gasteiger partial charge is 0.450 e. The zero-order valence-corrected chi connectivity index (χ0v) is 30.7. The van der Waals surface area contributed by atoms with E-state index in [1.54, 1.807) is 0 Å². The molecule has 4 nitrogen and oxygen atoms in total. The number of hydrogen-bond acceptors (Lipinski definition) is 3. The molecule has 1 atom stereocenters. The Kier molecular flexibility index (Phi) is 36.1. The number of carbonyl (C=O) groups is 1. The quantitative estimate of drug-likeness (QED) is 0.0424. The van der Waals surface area contributed by atoms with Gasteiger partial charge in [-0.05, 0) is 104 Å². The molecule has 0 aromatic rings. The Morgan fingerprint density at radius 1 is 0.511 bits per heavy atom. The summed E-state index contributed by atoms with van der Waals surface area (Å²) in [4.78, 5) is 13.4. The minimum Gasteiger partial charge on any atom is -0.450 e. The van der Waals surface area contributed by atoms with Gasteiger partial charge in [-0.3, -0.25) is 0 Å². The van der Waals surface area contributed by atoms with Gasteiger partial charge in [-0.15, -0.1) is 0 Å². The van der Waals surface area contributed by atoms with Crippen molar-refractivity contribution < 1.29 is 14.6 Å².